The average Bonchev–Trinajstić information content (AvgIpc) is 2.69. The third-order valence-corrected chi connectivity index (χ3v) is 5.88. The van der Waals surface area contributed by atoms with Gasteiger partial charge in [-0.3, -0.25) is 4.79 Å². The Bertz CT molecular complexity index is 734. The van der Waals surface area contributed by atoms with E-state index in [1.165, 1.54) is 5.56 Å². The van der Waals surface area contributed by atoms with Gasteiger partial charge in [-0.15, -0.1) is 0 Å². The van der Waals surface area contributed by atoms with Gasteiger partial charge in [0.1, 0.15) is 0 Å². The van der Waals surface area contributed by atoms with Crippen molar-refractivity contribution in [3.8, 4) is 0 Å². The molecule has 3 nitrogen and oxygen atoms in total. The van der Waals surface area contributed by atoms with Crippen LogP contribution in [0.5, 0.6) is 0 Å². The number of ether oxygens (including phenoxy) is 1. The Morgan fingerprint density at radius 2 is 1.62 bits per heavy atom. The molecule has 3 rings (SSSR count). The molecule has 1 aliphatic rings. The summed E-state index contributed by atoms with van der Waals surface area (Å²) in [5.41, 5.74) is 3.08. The summed E-state index contributed by atoms with van der Waals surface area (Å²) in [5.74, 6) is 0.183. The van der Waals surface area contributed by atoms with Crippen molar-refractivity contribution in [2.45, 2.75) is 38.1 Å². The third-order valence-electron chi connectivity index (χ3n) is 5.35. The molecule has 1 fully saturated rings. The summed E-state index contributed by atoms with van der Waals surface area (Å²) >= 11 is 3.49. The third kappa shape index (κ3) is 4.02. The quantitative estimate of drug-likeness (QED) is 0.706. The number of halogens is 1. The van der Waals surface area contributed by atoms with E-state index >= 15 is 0 Å². The first-order chi connectivity index (χ1) is 12.5. The monoisotopic (exact) mass is 415 g/mol. The number of aryl methyl sites for hydroxylation is 1. The van der Waals surface area contributed by atoms with Crippen molar-refractivity contribution < 1.29 is 9.53 Å². The van der Waals surface area contributed by atoms with Crippen LogP contribution in [0.15, 0.2) is 53.0 Å². The largest absolute Gasteiger partial charge is 0.381 e. The van der Waals surface area contributed by atoms with E-state index in [2.05, 4.69) is 59.3 Å². The van der Waals surface area contributed by atoms with Gasteiger partial charge in [-0.05, 0) is 48.1 Å². The number of benzene rings is 2. The molecule has 0 radical (unpaired) electrons. The Hall–Kier alpha value is -1.65. The van der Waals surface area contributed by atoms with Crippen LogP contribution < -0.4 is 0 Å². The van der Waals surface area contributed by atoms with E-state index < -0.39 is 5.41 Å². The summed E-state index contributed by atoms with van der Waals surface area (Å²) in [7, 11) is 1.91. The summed E-state index contributed by atoms with van der Waals surface area (Å²) in [6, 6.07) is 16.7. The number of amides is 1. The molecule has 0 unspecified atom stereocenters. The zero-order chi connectivity index (χ0) is 18.6. The summed E-state index contributed by atoms with van der Waals surface area (Å²) < 4.78 is 6.59. The van der Waals surface area contributed by atoms with E-state index in [4.69, 9.17) is 4.74 Å². The molecule has 2 aromatic carbocycles. The standard InChI is InChI=1S/C22H26BrNO2/c1-3-17-4-6-18(7-5-17)16-24(2)21(25)22(12-14-26-15-13-22)19-8-10-20(23)11-9-19/h4-11H,3,12-16H2,1-2H3. The van der Waals surface area contributed by atoms with Crippen LogP contribution in [0.3, 0.4) is 0 Å². The first-order valence-corrected chi connectivity index (χ1v) is 10.0. The predicted octanol–water partition coefficient (Wildman–Crippen LogP) is 4.72. The van der Waals surface area contributed by atoms with E-state index in [0.29, 0.717) is 19.8 Å². The molecule has 1 heterocycles. The second-order valence-electron chi connectivity index (χ2n) is 7.03. The fourth-order valence-corrected chi connectivity index (χ4v) is 3.97. The maximum atomic E-state index is 13.5. The Morgan fingerprint density at radius 3 is 2.19 bits per heavy atom. The smallest absolute Gasteiger partial charge is 0.233 e. The van der Waals surface area contributed by atoms with Crippen LogP contribution in [0.25, 0.3) is 0 Å². The first-order valence-electron chi connectivity index (χ1n) is 9.22. The van der Waals surface area contributed by atoms with E-state index in [-0.39, 0.29) is 5.91 Å². The molecule has 2 aromatic rings. The molecule has 0 spiro atoms. The van der Waals surface area contributed by atoms with E-state index in [1.54, 1.807) is 0 Å². The molecule has 1 aliphatic heterocycles. The minimum absolute atomic E-state index is 0.183. The van der Waals surface area contributed by atoms with Crippen molar-refractivity contribution in [3.63, 3.8) is 0 Å². The Labute approximate surface area is 164 Å². The zero-order valence-corrected chi connectivity index (χ0v) is 17.1. The van der Waals surface area contributed by atoms with Gasteiger partial charge in [-0.1, -0.05) is 59.3 Å². The first kappa shape index (κ1) is 19.1. The number of carbonyl (C=O) groups excluding carboxylic acids is 1. The normalized spacial score (nSPS) is 16.3. The number of carbonyl (C=O) groups is 1. The lowest BCUT2D eigenvalue weighted by Crippen LogP contribution is -2.48. The highest BCUT2D eigenvalue weighted by atomic mass is 79.9. The van der Waals surface area contributed by atoms with Crippen molar-refractivity contribution in [1.82, 2.24) is 4.90 Å². The number of rotatable bonds is 5. The van der Waals surface area contributed by atoms with Crippen LogP contribution >= 0.6 is 15.9 Å². The second-order valence-corrected chi connectivity index (χ2v) is 7.95. The van der Waals surface area contributed by atoms with Crippen LogP contribution in [-0.2, 0) is 27.9 Å². The summed E-state index contributed by atoms with van der Waals surface area (Å²) in [6.45, 7) is 4.03. The van der Waals surface area contributed by atoms with Crippen molar-refractivity contribution in [1.29, 1.82) is 0 Å². The molecular formula is C22H26BrNO2. The zero-order valence-electron chi connectivity index (χ0n) is 15.5. The van der Waals surface area contributed by atoms with Gasteiger partial charge in [0.05, 0.1) is 5.41 Å². The molecule has 4 heteroatoms. The number of nitrogens with zero attached hydrogens (tertiary/aromatic N) is 1. The van der Waals surface area contributed by atoms with Gasteiger partial charge in [-0.25, -0.2) is 0 Å². The van der Waals surface area contributed by atoms with Crippen molar-refractivity contribution in [2.24, 2.45) is 0 Å². The van der Waals surface area contributed by atoms with Gasteiger partial charge in [0.15, 0.2) is 0 Å². The Kier molecular flexibility index (Phi) is 6.15. The second kappa shape index (κ2) is 8.36. The Morgan fingerprint density at radius 1 is 1.04 bits per heavy atom. The molecule has 0 bridgehead atoms. The van der Waals surface area contributed by atoms with E-state index in [9.17, 15) is 4.79 Å². The molecular weight excluding hydrogens is 390 g/mol. The van der Waals surface area contributed by atoms with Crippen molar-refractivity contribution >= 4 is 21.8 Å². The van der Waals surface area contributed by atoms with Gasteiger partial charge in [0.2, 0.25) is 5.91 Å². The molecule has 0 N–H and O–H groups in total. The van der Waals surface area contributed by atoms with Crippen LogP contribution in [0.2, 0.25) is 0 Å². The lowest BCUT2D eigenvalue weighted by Gasteiger charge is -2.39. The van der Waals surface area contributed by atoms with E-state index in [0.717, 1.165) is 34.9 Å². The summed E-state index contributed by atoms with van der Waals surface area (Å²) in [6.07, 6.45) is 2.49. The van der Waals surface area contributed by atoms with Crippen LogP contribution in [0.4, 0.5) is 0 Å². The Balaban J connectivity index is 1.83. The molecule has 1 saturated heterocycles. The van der Waals surface area contributed by atoms with Crippen LogP contribution in [0, 0.1) is 0 Å². The van der Waals surface area contributed by atoms with Crippen LogP contribution in [-0.4, -0.2) is 31.1 Å². The molecule has 0 aliphatic carbocycles. The maximum Gasteiger partial charge on any atom is 0.233 e. The molecule has 26 heavy (non-hydrogen) atoms. The van der Waals surface area contributed by atoms with Crippen molar-refractivity contribution in [3.05, 3.63) is 69.7 Å². The van der Waals surface area contributed by atoms with Gasteiger partial charge in [0, 0.05) is 31.3 Å². The predicted molar refractivity (Wildman–Crippen MR) is 108 cm³/mol. The fraction of sp³-hybridized carbons (Fsp3) is 0.409. The summed E-state index contributed by atoms with van der Waals surface area (Å²) in [5, 5.41) is 0. The number of hydrogen-bond acceptors (Lipinski definition) is 2. The summed E-state index contributed by atoms with van der Waals surface area (Å²) in [4.78, 5) is 15.4. The fourth-order valence-electron chi connectivity index (χ4n) is 3.71. The highest BCUT2D eigenvalue weighted by Crippen LogP contribution is 2.37. The maximum absolute atomic E-state index is 13.5. The van der Waals surface area contributed by atoms with Gasteiger partial charge in [0.25, 0.3) is 0 Å². The lowest BCUT2D eigenvalue weighted by atomic mass is 9.73. The number of likely N-dealkylation sites (N-methyl/N-ethyl adjacent to an activating group) is 1. The van der Waals surface area contributed by atoms with Crippen LogP contribution in [0.1, 0.15) is 36.5 Å². The minimum atomic E-state index is -0.489. The minimum Gasteiger partial charge on any atom is -0.381 e. The van der Waals surface area contributed by atoms with Gasteiger partial charge < -0.3 is 9.64 Å². The lowest BCUT2D eigenvalue weighted by molar-refractivity contribution is -0.140. The topological polar surface area (TPSA) is 29.5 Å². The SMILES string of the molecule is CCc1ccc(CN(C)C(=O)C2(c3ccc(Br)cc3)CCOCC2)cc1. The van der Waals surface area contributed by atoms with E-state index in [1.807, 2.05) is 24.1 Å². The molecule has 0 saturated carbocycles. The highest BCUT2D eigenvalue weighted by molar-refractivity contribution is 9.10. The molecule has 0 atom stereocenters. The molecule has 0 aromatic heterocycles. The van der Waals surface area contributed by atoms with Crippen molar-refractivity contribution in [2.75, 3.05) is 20.3 Å². The van der Waals surface area contributed by atoms with Gasteiger partial charge >= 0.3 is 0 Å². The average molecular weight is 416 g/mol. The number of hydrogen-bond donors (Lipinski definition) is 0. The molecule has 1 amide bonds. The molecule has 138 valence electrons. The van der Waals surface area contributed by atoms with Gasteiger partial charge in [-0.2, -0.15) is 0 Å². The highest BCUT2D eigenvalue weighted by Gasteiger charge is 2.43.